The minimum atomic E-state index is -0.344. The normalized spacial score (nSPS) is 10.8. The molecule has 0 amide bonds. The van der Waals surface area contributed by atoms with Crippen LogP contribution in [0.5, 0.6) is 0 Å². The van der Waals surface area contributed by atoms with Crippen LogP contribution in [-0.4, -0.2) is 4.98 Å². The van der Waals surface area contributed by atoms with Crippen molar-refractivity contribution in [2.45, 2.75) is 6.54 Å². The Bertz CT molecular complexity index is 1350. The number of halogens is 3. The summed E-state index contributed by atoms with van der Waals surface area (Å²) < 4.78 is 21.3. The second-order valence-corrected chi connectivity index (χ2v) is 7.48. The first-order valence-electron chi connectivity index (χ1n) is 9.55. The summed E-state index contributed by atoms with van der Waals surface area (Å²) in [4.78, 5) is 4.69. The summed E-state index contributed by atoms with van der Waals surface area (Å²) in [6, 6.07) is 24.5. The molecule has 0 spiro atoms. The summed E-state index contributed by atoms with van der Waals surface area (Å²) >= 11 is 6.17. The Morgan fingerprint density at radius 2 is 1.68 bits per heavy atom. The van der Waals surface area contributed by atoms with Gasteiger partial charge in [0.2, 0.25) is 5.89 Å². The molecule has 154 valence electrons. The van der Waals surface area contributed by atoms with Gasteiger partial charge in [-0.15, -0.1) is 0 Å². The van der Waals surface area contributed by atoms with E-state index >= 15 is 0 Å². The van der Waals surface area contributed by atoms with Gasteiger partial charge in [0, 0.05) is 11.6 Å². The van der Waals surface area contributed by atoms with Crippen LogP contribution in [0.15, 0.2) is 95.7 Å². The molecule has 0 saturated heterocycles. The molecule has 0 radical (unpaired) electrons. The van der Waals surface area contributed by atoms with Crippen LogP contribution in [0.2, 0.25) is 5.02 Å². The van der Waals surface area contributed by atoms with Crippen LogP contribution >= 0.6 is 11.6 Å². The molecule has 31 heavy (non-hydrogen) atoms. The Labute approximate surface area is 190 Å². The number of hydrogen-bond acceptors (Lipinski definition) is 2. The van der Waals surface area contributed by atoms with Crippen molar-refractivity contribution in [3.8, 4) is 22.6 Å². The highest BCUT2D eigenvalue weighted by molar-refractivity contribution is 6.31. The highest BCUT2D eigenvalue weighted by Gasteiger charge is 2.14. The number of aromatic nitrogens is 2. The van der Waals surface area contributed by atoms with Crippen LogP contribution in [0.4, 0.5) is 4.39 Å². The van der Waals surface area contributed by atoms with Gasteiger partial charge in [0.15, 0.2) is 24.5 Å². The van der Waals surface area contributed by atoms with Crippen molar-refractivity contribution < 1.29 is 25.8 Å². The predicted octanol–water partition coefficient (Wildman–Crippen LogP) is 3.29. The molecule has 0 aliphatic heterocycles. The highest BCUT2D eigenvalue weighted by atomic mass is 35.5. The molecule has 0 unspecified atom stereocenters. The standard InChI is InChI=1S/C25H17ClFN2O.ClH/c26-22-14-21(27)10-8-19(22)15-29-12-4-7-20(16-29)25-28-23-13-18(9-11-24(23)30-25)17-5-2-1-3-6-17;/h1-14,16H,15H2;1H/q+1;/p-1. The van der Waals surface area contributed by atoms with E-state index in [1.54, 1.807) is 6.07 Å². The largest absolute Gasteiger partial charge is 1.00 e. The van der Waals surface area contributed by atoms with Crippen molar-refractivity contribution in [3.63, 3.8) is 0 Å². The number of hydrogen-bond donors (Lipinski definition) is 0. The third kappa shape index (κ3) is 4.46. The second-order valence-electron chi connectivity index (χ2n) is 7.07. The van der Waals surface area contributed by atoms with E-state index in [-0.39, 0.29) is 18.2 Å². The van der Waals surface area contributed by atoms with Gasteiger partial charge in [-0.25, -0.2) is 9.37 Å². The summed E-state index contributed by atoms with van der Waals surface area (Å²) in [5.74, 6) is 0.207. The molecule has 3 nitrogen and oxygen atoms in total. The van der Waals surface area contributed by atoms with Gasteiger partial charge in [0.05, 0.1) is 5.02 Å². The van der Waals surface area contributed by atoms with E-state index in [2.05, 4.69) is 12.1 Å². The average Bonchev–Trinajstić information content (AvgIpc) is 3.20. The van der Waals surface area contributed by atoms with Crippen LogP contribution in [0, 0.1) is 5.82 Å². The topological polar surface area (TPSA) is 29.9 Å². The van der Waals surface area contributed by atoms with Crippen molar-refractivity contribution in [2.75, 3.05) is 0 Å². The molecule has 0 bridgehead atoms. The fourth-order valence-electron chi connectivity index (χ4n) is 3.45. The second kappa shape index (κ2) is 8.88. The molecule has 2 heterocycles. The maximum Gasteiger partial charge on any atom is 0.233 e. The number of rotatable bonds is 4. The molecule has 0 aliphatic rings. The lowest BCUT2D eigenvalue weighted by Gasteiger charge is -2.02. The number of benzene rings is 3. The Kier molecular flexibility index (Phi) is 6.03. The Hall–Kier alpha value is -3.21. The van der Waals surface area contributed by atoms with E-state index in [0.29, 0.717) is 17.5 Å². The quantitative estimate of drug-likeness (QED) is 0.393. The average molecular weight is 451 g/mol. The summed E-state index contributed by atoms with van der Waals surface area (Å²) in [6.45, 7) is 0.519. The van der Waals surface area contributed by atoms with Crippen molar-refractivity contribution in [3.05, 3.63) is 108 Å². The Balaban J connectivity index is 0.00000231. The fraction of sp³-hybridized carbons (Fsp3) is 0.0400. The molecule has 0 saturated carbocycles. The van der Waals surface area contributed by atoms with Gasteiger partial charge in [-0.1, -0.05) is 48.0 Å². The first-order valence-corrected chi connectivity index (χ1v) is 9.93. The lowest BCUT2D eigenvalue weighted by molar-refractivity contribution is -0.687. The summed E-state index contributed by atoms with van der Waals surface area (Å²) in [5.41, 5.74) is 5.47. The van der Waals surface area contributed by atoms with Crippen LogP contribution in [0.3, 0.4) is 0 Å². The summed E-state index contributed by atoms with van der Waals surface area (Å²) in [6.07, 6.45) is 3.88. The van der Waals surface area contributed by atoms with E-state index < -0.39 is 0 Å². The van der Waals surface area contributed by atoms with Gasteiger partial charge in [0.25, 0.3) is 0 Å². The fourth-order valence-corrected chi connectivity index (χ4v) is 3.68. The van der Waals surface area contributed by atoms with Crippen molar-refractivity contribution in [1.29, 1.82) is 0 Å². The number of pyridine rings is 1. The van der Waals surface area contributed by atoms with Crippen LogP contribution in [0.25, 0.3) is 33.7 Å². The minimum Gasteiger partial charge on any atom is -1.00 e. The molecular weight excluding hydrogens is 434 g/mol. The zero-order valence-corrected chi connectivity index (χ0v) is 17.8. The minimum absolute atomic E-state index is 0. The maximum absolute atomic E-state index is 13.3. The first-order chi connectivity index (χ1) is 14.7. The third-order valence-electron chi connectivity index (χ3n) is 4.97. The van der Waals surface area contributed by atoms with Gasteiger partial charge in [-0.05, 0) is 47.5 Å². The molecular formula is C25H17Cl2FN2O. The number of nitrogens with zero attached hydrogens (tertiary/aromatic N) is 2. The van der Waals surface area contributed by atoms with E-state index in [9.17, 15) is 4.39 Å². The summed E-state index contributed by atoms with van der Waals surface area (Å²) in [7, 11) is 0. The van der Waals surface area contributed by atoms with Crippen molar-refractivity contribution in [2.24, 2.45) is 0 Å². The molecule has 5 aromatic rings. The zero-order valence-electron chi connectivity index (χ0n) is 16.3. The van der Waals surface area contributed by atoms with Crippen LogP contribution < -0.4 is 17.0 Å². The smallest absolute Gasteiger partial charge is 0.233 e. The predicted molar refractivity (Wildman–Crippen MR) is 116 cm³/mol. The molecule has 0 atom stereocenters. The molecule has 3 aromatic carbocycles. The van der Waals surface area contributed by atoms with Crippen LogP contribution in [-0.2, 0) is 6.54 Å². The molecule has 6 heteroatoms. The van der Waals surface area contributed by atoms with E-state index in [1.165, 1.54) is 12.1 Å². The first kappa shape index (κ1) is 21.0. The Morgan fingerprint density at radius 3 is 2.48 bits per heavy atom. The number of fused-ring (bicyclic) bond motifs is 1. The van der Waals surface area contributed by atoms with Gasteiger partial charge < -0.3 is 16.8 Å². The SMILES string of the molecule is Fc1ccc(C[n+]2cccc(-c3nc4cc(-c5ccccc5)ccc4o3)c2)c(Cl)c1.[Cl-]. The van der Waals surface area contributed by atoms with Gasteiger partial charge in [-0.3, -0.25) is 0 Å². The zero-order chi connectivity index (χ0) is 20.5. The lowest BCUT2D eigenvalue weighted by atomic mass is 10.1. The summed E-state index contributed by atoms with van der Waals surface area (Å²) in [5, 5.41) is 0.406. The molecule has 0 aliphatic carbocycles. The van der Waals surface area contributed by atoms with Gasteiger partial charge in [0.1, 0.15) is 16.9 Å². The van der Waals surface area contributed by atoms with Crippen molar-refractivity contribution >= 4 is 22.7 Å². The van der Waals surface area contributed by atoms with E-state index in [4.69, 9.17) is 21.0 Å². The molecule has 0 fully saturated rings. The maximum atomic E-state index is 13.3. The Morgan fingerprint density at radius 1 is 0.871 bits per heavy atom. The monoisotopic (exact) mass is 450 g/mol. The third-order valence-corrected chi connectivity index (χ3v) is 5.32. The van der Waals surface area contributed by atoms with E-state index in [0.717, 1.165) is 33.4 Å². The number of oxazole rings is 1. The lowest BCUT2D eigenvalue weighted by Crippen LogP contribution is -3.00. The van der Waals surface area contributed by atoms with Crippen LogP contribution in [0.1, 0.15) is 5.56 Å². The van der Waals surface area contributed by atoms with E-state index in [1.807, 2.05) is 65.5 Å². The molecule has 0 N–H and O–H groups in total. The van der Waals surface area contributed by atoms with Crippen molar-refractivity contribution in [1.82, 2.24) is 4.98 Å². The van der Waals surface area contributed by atoms with Gasteiger partial charge >= 0.3 is 0 Å². The molecule has 2 aromatic heterocycles. The molecule has 5 rings (SSSR count). The van der Waals surface area contributed by atoms with Gasteiger partial charge in [-0.2, -0.15) is 4.57 Å². The highest BCUT2D eigenvalue weighted by Crippen LogP contribution is 2.28.